The Morgan fingerprint density at radius 1 is 0.913 bits per heavy atom. The standard InChI is InChI=1S/C20H24N2O/c1-16-6-8-18(9-7-16)15-21-10-12-22(13-11-21)20(23)19-5-3-4-17(2)14-19/h3-9,14H,10-13,15H2,1-2H3. The lowest BCUT2D eigenvalue weighted by molar-refractivity contribution is 0.0628. The van der Waals surface area contributed by atoms with Crippen molar-refractivity contribution in [3.8, 4) is 0 Å². The van der Waals surface area contributed by atoms with Crippen LogP contribution < -0.4 is 0 Å². The summed E-state index contributed by atoms with van der Waals surface area (Å²) in [7, 11) is 0. The zero-order valence-electron chi connectivity index (χ0n) is 14.0. The second-order valence-corrected chi connectivity index (χ2v) is 6.42. The Bertz CT molecular complexity index is 670. The third kappa shape index (κ3) is 3.99. The Balaban J connectivity index is 1.55. The first kappa shape index (κ1) is 15.8. The van der Waals surface area contributed by atoms with E-state index in [2.05, 4.69) is 36.1 Å². The van der Waals surface area contributed by atoms with Crippen LogP contribution in [0.4, 0.5) is 0 Å². The topological polar surface area (TPSA) is 23.6 Å². The number of carbonyl (C=O) groups is 1. The third-order valence-electron chi connectivity index (χ3n) is 4.45. The average Bonchev–Trinajstić information content (AvgIpc) is 2.57. The van der Waals surface area contributed by atoms with Gasteiger partial charge in [-0.2, -0.15) is 0 Å². The molecule has 3 heteroatoms. The molecule has 0 radical (unpaired) electrons. The van der Waals surface area contributed by atoms with E-state index in [1.165, 1.54) is 11.1 Å². The summed E-state index contributed by atoms with van der Waals surface area (Å²) in [5.41, 5.74) is 4.57. The van der Waals surface area contributed by atoms with E-state index in [1.807, 2.05) is 36.1 Å². The summed E-state index contributed by atoms with van der Waals surface area (Å²) in [6, 6.07) is 16.6. The Hall–Kier alpha value is -2.13. The van der Waals surface area contributed by atoms with Crippen LogP contribution in [0.3, 0.4) is 0 Å². The molecule has 0 atom stereocenters. The maximum absolute atomic E-state index is 12.6. The van der Waals surface area contributed by atoms with E-state index in [-0.39, 0.29) is 5.91 Å². The Labute approximate surface area is 138 Å². The van der Waals surface area contributed by atoms with Gasteiger partial charge < -0.3 is 4.90 Å². The summed E-state index contributed by atoms with van der Waals surface area (Å²) >= 11 is 0. The molecule has 120 valence electrons. The molecule has 1 aliphatic rings. The molecule has 23 heavy (non-hydrogen) atoms. The molecule has 0 N–H and O–H groups in total. The molecule has 1 aliphatic heterocycles. The lowest BCUT2D eigenvalue weighted by atomic mass is 10.1. The highest BCUT2D eigenvalue weighted by molar-refractivity contribution is 5.94. The normalized spacial score (nSPS) is 15.7. The molecule has 2 aromatic carbocycles. The van der Waals surface area contributed by atoms with Crippen molar-refractivity contribution in [1.82, 2.24) is 9.80 Å². The van der Waals surface area contributed by atoms with E-state index in [1.54, 1.807) is 0 Å². The average molecular weight is 308 g/mol. The Morgan fingerprint density at radius 2 is 1.61 bits per heavy atom. The quantitative estimate of drug-likeness (QED) is 0.869. The predicted octanol–water partition coefficient (Wildman–Crippen LogP) is 3.26. The number of hydrogen-bond donors (Lipinski definition) is 0. The summed E-state index contributed by atoms with van der Waals surface area (Å²) in [6.07, 6.45) is 0. The molecule has 1 heterocycles. The number of piperazine rings is 1. The fourth-order valence-corrected chi connectivity index (χ4v) is 3.02. The molecule has 3 rings (SSSR count). The van der Waals surface area contributed by atoms with Crippen molar-refractivity contribution in [2.75, 3.05) is 26.2 Å². The van der Waals surface area contributed by atoms with Crippen LogP contribution in [0.15, 0.2) is 48.5 Å². The molecule has 0 bridgehead atoms. The highest BCUT2D eigenvalue weighted by atomic mass is 16.2. The summed E-state index contributed by atoms with van der Waals surface area (Å²) in [4.78, 5) is 17.0. The monoisotopic (exact) mass is 308 g/mol. The second kappa shape index (κ2) is 6.97. The van der Waals surface area contributed by atoms with E-state index >= 15 is 0 Å². The van der Waals surface area contributed by atoms with Gasteiger partial charge in [0.1, 0.15) is 0 Å². The first-order chi connectivity index (χ1) is 11.1. The van der Waals surface area contributed by atoms with Gasteiger partial charge in [-0.3, -0.25) is 9.69 Å². The SMILES string of the molecule is Cc1ccc(CN2CCN(C(=O)c3cccc(C)c3)CC2)cc1. The van der Waals surface area contributed by atoms with E-state index in [0.717, 1.165) is 43.9 Å². The van der Waals surface area contributed by atoms with Crippen molar-refractivity contribution in [3.05, 3.63) is 70.8 Å². The van der Waals surface area contributed by atoms with Gasteiger partial charge in [0.2, 0.25) is 0 Å². The van der Waals surface area contributed by atoms with Crippen molar-refractivity contribution < 1.29 is 4.79 Å². The van der Waals surface area contributed by atoms with Gasteiger partial charge in [-0.15, -0.1) is 0 Å². The Morgan fingerprint density at radius 3 is 2.26 bits per heavy atom. The minimum atomic E-state index is 0.156. The van der Waals surface area contributed by atoms with Crippen LogP contribution in [0, 0.1) is 13.8 Å². The van der Waals surface area contributed by atoms with Gasteiger partial charge in [-0.1, -0.05) is 47.5 Å². The van der Waals surface area contributed by atoms with Crippen molar-refractivity contribution >= 4 is 5.91 Å². The zero-order valence-corrected chi connectivity index (χ0v) is 14.0. The predicted molar refractivity (Wildman–Crippen MR) is 93.5 cm³/mol. The minimum Gasteiger partial charge on any atom is -0.336 e. The number of rotatable bonds is 3. The number of nitrogens with zero attached hydrogens (tertiary/aromatic N) is 2. The van der Waals surface area contributed by atoms with Crippen LogP contribution in [-0.4, -0.2) is 41.9 Å². The molecule has 0 spiro atoms. The molecule has 2 aromatic rings. The van der Waals surface area contributed by atoms with Gasteiger partial charge in [0, 0.05) is 38.3 Å². The van der Waals surface area contributed by atoms with Crippen LogP contribution in [0.5, 0.6) is 0 Å². The molecule has 0 saturated carbocycles. The summed E-state index contributed by atoms with van der Waals surface area (Å²) in [5, 5.41) is 0. The van der Waals surface area contributed by atoms with Gasteiger partial charge in [0.15, 0.2) is 0 Å². The van der Waals surface area contributed by atoms with Crippen LogP contribution in [0.25, 0.3) is 0 Å². The lowest BCUT2D eigenvalue weighted by Crippen LogP contribution is -2.48. The number of amides is 1. The largest absolute Gasteiger partial charge is 0.336 e. The van der Waals surface area contributed by atoms with Gasteiger partial charge in [0.05, 0.1) is 0 Å². The Kier molecular flexibility index (Phi) is 4.77. The van der Waals surface area contributed by atoms with Gasteiger partial charge in [-0.25, -0.2) is 0 Å². The van der Waals surface area contributed by atoms with Crippen molar-refractivity contribution in [3.63, 3.8) is 0 Å². The molecule has 1 saturated heterocycles. The second-order valence-electron chi connectivity index (χ2n) is 6.42. The van der Waals surface area contributed by atoms with Crippen LogP contribution in [0.1, 0.15) is 27.0 Å². The first-order valence-electron chi connectivity index (χ1n) is 8.26. The van der Waals surface area contributed by atoms with Crippen LogP contribution in [0.2, 0.25) is 0 Å². The van der Waals surface area contributed by atoms with Crippen molar-refractivity contribution in [2.24, 2.45) is 0 Å². The third-order valence-corrected chi connectivity index (χ3v) is 4.45. The smallest absolute Gasteiger partial charge is 0.253 e. The minimum absolute atomic E-state index is 0.156. The van der Waals surface area contributed by atoms with Crippen molar-refractivity contribution in [2.45, 2.75) is 20.4 Å². The molecule has 3 nitrogen and oxygen atoms in total. The maximum Gasteiger partial charge on any atom is 0.253 e. The summed E-state index contributed by atoms with van der Waals surface area (Å²) in [5.74, 6) is 0.156. The van der Waals surface area contributed by atoms with Gasteiger partial charge >= 0.3 is 0 Å². The first-order valence-corrected chi connectivity index (χ1v) is 8.26. The van der Waals surface area contributed by atoms with Crippen LogP contribution >= 0.6 is 0 Å². The fraction of sp³-hybridized carbons (Fsp3) is 0.350. The number of aryl methyl sites for hydroxylation is 2. The van der Waals surface area contributed by atoms with E-state index in [0.29, 0.717) is 0 Å². The van der Waals surface area contributed by atoms with Crippen molar-refractivity contribution in [1.29, 1.82) is 0 Å². The number of benzene rings is 2. The van der Waals surface area contributed by atoms with Gasteiger partial charge in [-0.05, 0) is 31.5 Å². The van der Waals surface area contributed by atoms with E-state index < -0.39 is 0 Å². The molecule has 0 aliphatic carbocycles. The highest BCUT2D eigenvalue weighted by Crippen LogP contribution is 2.13. The maximum atomic E-state index is 12.6. The lowest BCUT2D eigenvalue weighted by Gasteiger charge is -2.34. The van der Waals surface area contributed by atoms with E-state index in [9.17, 15) is 4.79 Å². The fourth-order valence-electron chi connectivity index (χ4n) is 3.02. The molecule has 0 aromatic heterocycles. The number of hydrogen-bond acceptors (Lipinski definition) is 2. The molecule has 1 fully saturated rings. The molecular weight excluding hydrogens is 284 g/mol. The van der Waals surface area contributed by atoms with Gasteiger partial charge in [0.25, 0.3) is 5.91 Å². The summed E-state index contributed by atoms with van der Waals surface area (Å²) < 4.78 is 0. The highest BCUT2D eigenvalue weighted by Gasteiger charge is 2.22. The molecular formula is C20H24N2O. The van der Waals surface area contributed by atoms with E-state index in [4.69, 9.17) is 0 Å². The zero-order chi connectivity index (χ0) is 16.2. The molecule has 1 amide bonds. The van der Waals surface area contributed by atoms with Crippen LogP contribution in [-0.2, 0) is 6.54 Å². The molecule has 0 unspecified atom stereocenters. The summed E-state index contributed by atoms with van der Waals surface area (Å²) in [6.45, 7) is 8.58. The number of carbonyl (C=O) groups excluding carboxylic acids is 1.